The first-order valence-electron chi connectivity index (χ1n) is 11.4. The number of hydrogen-bond acceptors (Lipinski definition) is 3. The van der Waals surface area contributed by atoms with E-state index in [1.54, 1.807) is 0 Å². The smallest absolute Gasteiger partial charge is 0.229 e. The maximum absolute atomic E-state index is 13.3. The third kappa shape index (κ3) is 5.34. The number of likely N-dealkylation sites (tertiary alicyclic amines) is 1. The molecule has 0 radical (unpaired) electrons. The number of para-hydroxylation sites is 1. The molecule has 0 bridgehead atoms. The van der Waals surface area contributed by atoms with E-state index >= 15 is 0 Å². The topological polar surface area (TPSA) is 58.6 Å². The number of anilines is 1. The monoisotopic (exact) mass is 420 g/mol. The molecule has 31 heavy (non-hydrogen) atoms. The fourth-order valence-electron chi connectivity index (χ4n) is 4.70. The number of amides is 2. The van der Waals surface area contributed by atoms with Gasteiger partial charge in [-0.05, 0) is 48.9 Å². The van der Waals surface area contributed by atoms with Gasteiger partial charge in [0.25, 0.3) is 0 Å². The second-order valence-corrected chi connectivity index (χ2v) is 8.71. The van der Waals surface area contributed by atoms with E-state index in [0.717, 1.165) is 31.4 Å². The lowest BCUT2D eigenvalue weighted by Crippen LogP contribution is -2.49. The Bertz CT molecular complexity index is 875. The lowest BCUT2D eigenvalue weighted by molar-refractivity contribution is -0.141. The van der Waals surface area contributed by atoms with E-state index in [1.165, 1.54) is 11.1 Å². The molecule has 4 rings (SSSR count). The Morgan fingerprint density at radius 1 is 0.968 bits per heavy atom. The molecule has 0 spiro atoms. The van der Waals surface area contributed by atoms with Crippen molar-refractivity contribution in [2.75, 3.05) is 31.6 Å². The number of hydrogen-bond donors (Lipinski definition) is 1. The number of nitrogens with one attached hydrogen (secondary N) is 1. The average Bonchev–Trinajstić information content (AvgIpc) is 2.84. The van der Waals surface area contributed by atoms with Crippen molar-refractivity contribution in [2.24, 2.45) is 11.8 Å². The third-order valence-corrected chi connectivity index (χ3v) is 6.60. The van der Waals surface area contributed by atoms with Crippen LogP contribution in [-0.2, 0) is 20.7 Å². The van der Waals surface area contributed by atoms with E-state index in [4.69, 9.17) is 4.74 Å². The number of carbonyl (C=O) groups excluding carboxylic acids is 2. The summed E-state index contributed by atoms with van der Waals surface area (Å²) in [5, 5.41) is 3.04. The van der Waals surface area contributed by atoms with Crippen molar-refractivity contribution in [3.05, 3.63) is 65.7 Å². The summed E-state index contributed by atoms with van der Waals surface area (Å²) in [5.74, 6) is 0.109. The van der Waals surface area contributed by atoms with Gasteiger partial charge in [-0.15, -0.1) is 0 Å². The van der Waals surface area contributed by atoms with Crippen LogP contribution in [0.2, 0.25) is 0 Å². The van der Waals surface area contributed by atoms with Gasteiger partial charge in [-0.25, -0.2) is 0 Å². The van der Waals surface area contributed by atoms with Gasteiger partial charge >= 0.3 is 0 Å². The summed E-state index contributed by atoms with van der Waals surface area (Å²) >= 11 is 0. The normalized spacial score (nSPS) is 22.2. The Kier molecular flexibility index (Phi) is 7.03. The van der Waals surface area contributed by atoms with Gasteiger partial charge in [0, 0.05) is 43.8 Å². The zero-order valence-corrected chi connectivity index (χ0v) is 18.3. The van der Waals surface area contributed by atoms with Crippen molar-refractivity contribution in [3.8, 4) is 0 Å². The van der Waals surface area contributed by atoms with Gasteiger partial charge < -0.3 is 15.0 Å². The van der Waals surface area contributed by atoms with Crippen molar-refractivity contribution in [3.63, 3.8) is 0 Å². The molecule has 2 aromatic rings. The van der Waals surface area contributed by atoms with Gasteiger partial charge in [-0.3, -0.25) is 9.59 Å². The molecular weight excluding hydrogens is 388 g/mol. The zero-order valence-electron chi connectivity index (χ0n) is 18.3. The fraction of sp³-hybridized carbons (Fsp3) is 0.462. The Morgan fingerprint density at radius 2 is 1.68 bits per heavy atom. The molecule has 2 saturated heterocycles. The number of benzene rings is 2. The van der Waals surface area contributed by atoms with Crippen molar-refractivity contribution in [2.45, 2.75) is 38.5 Å². The minimum atomic E-state index is -0.228. The molecule has 2 heterocycles. The molecule has 0 aromatic heterocycles. The maximum Gasteiger partial charge on any atom is 0.229 e. The van der Waals surface area contributed by atoms with Crippen LogP contribution in [-0.4, -0.2) is 43.0 Å². The number of nitrogens with zero attached hydrogens (tertiary/aromatic N) is 1. The second-order valence-electron chi connectivity index (χ2n) is 8.71. The number of aryl methyl sites for hydroxylation is 1. The summed E-state index contributed by atoms with van der Waals surface area (Å²) in [7, 11) is 0. The van der Waals surface area contributed by atoms with E-state index in [2.05, 4.69) is 36.5 Å². The van der Waals surface area contributed by atoms with E-state index in [0.29, 0.717) is 26.3 Å². The molecule has 2 atom stereocenters. The molecule has 164 valence electrons. The molecule has 0 aliphatic carbocycles. The van der Waals surface area contributed by atoms with Crippen molar-refractivity contribution >= 4 is 17.5 Å². The van der Waals surface area contributed by atoms with Gasteiger partial charge in [0.2, 0.25) is 11.8 Å². The van der Waals surface area contributed by atoms with Gasteiger partial charge in [0.05, 0.1) is 5.92 Å². The minimum Gasteiger partial charge on any atom is -0.381 e. The number of piperidine rings is 1. The summed E-state index contributed by atoms with van der Waals surface area (Å²) in [4.78, 5) is 28.4. The summed E-state index contributed by atoms with van der Waals surface area (Å²) < 4.78 is 5.44. The number of rotatable bonds is 5. The molecule has 2 aliphatic heterocycles. The van der Waals surface area contributed by atoms with E-state index in [1.807, 2.05) is 35.2 Å². The number of carbonyl (C=O) groups is 2. The zero-order chi connectivity index (χ0) is 21.6. The molecule has 2 amide bonds. The molecule has 5 nitrogen and oxygen atoms in total. The van der Waals surface area contributed by atoms with E-state index in [-0.39, 0.29) is 29.6 Å². The Balaban J connectivity index is 1.53. The summed E-state index contributed by atoms with van der Waals surface area (Å²) in [6.07, 6.45) is 3.29. The molecule has 1 N–H and O–H groups in total. The SMILES string of the molecule is CCc1ccc(C2CC(C(=O)Nc3ccccc3)CN(C(=O)C3CCOCC3)C2)cc1. The molecule has 2 aromatic carbocycles. The van der Waals surface area contributed by atoms with Crippen LogP contribution in [0.15, 0.2) is 54.6 Å². The molecule has 0 saturated carbocycles. The van der Waals surface area contributed by atoms with E-state index < -0.39 is 0 Å². The van der Waals surface area contributed by atoms with Crippen LogP contribution in [0.3, 0.4) is 0 Å². The highest BCUT2D eigenvalue weighted by atomic mass is 16.5. The lowest BCUT2D eigenvalue weighted by atomic mass is 9.82. The molecule has 5 heteroatoms. The van der Waals surface area contributed by atoms with Crippen molar-refractivity contribution in [1.82, 2.24) is 4.90 Å². The third-order valence-electron chi connectivity index (χ3n) is 6.60. The quantitative estimate of drug-likeness (QED) is 0.787. The summed E-state index contributed by atoms with van der Waals surface area (Å²) in [6, 6.07) is 18.2. The van der Waals surface area contributed by atoms with Gasteiger partial charge in [-0.2, -0.15) is 0 Å². The predicted octanol–water partition coefficient (Wildman–Crippen LogP) is 4.25. The van der Waals surface area contributed by atoms with Crippen LogP contribution >= 0.6 is 0 Å². The Morgan fingerprint density at radius 3 is 2.35 bits per heavy atom. The van der Waals surface area contributed by atoms with Gasteiger partial charge in [0.1, 0.15) is 0 Å². The number of ether oxygens (including phenoxy) is 1. The molecule has 2 fully saturated rings. The highest BCUT2D eigenvalue weighted by Crippen LogP contribution is 2.33. The largest absolute Gasteiger partial charge is 0.381 e. The molecule has 2 aliphatic rings. The molecule has 2 unspecified atom stereocenters. The van der Waals surface area contributed by atoms with Crippen molar-refractivity contribution < 1.29 is 14.3 Å². The van der Waals surface area contributed by atoms with E-state index in [9.17, 15) is 9.59 Å². The lowest BCUT2D eigenvalue weighted by Gasteiger charge is -2.39. The van der Waals surface area contributed by atoms with Gasteiger partial charge in [0.15, 0.2) is 0 Å². The van der Waals surface area contributed by atoms with Crippen LogP contribution in [0, 0.1) is 11.8 Å². The first-order valence-corrected chi connectivity index (χ1v) is 11.4. The first kappa shape index (κ1) is 21.6. The highest BCUT2D eigenvalue weighted by molar-refractivity contribution is 5.93. The Hall–Kier alpha value is -2.66. The second kappa shape index (κ2) is 10.1. The maximum atomic E-state index is 13.3. The summed E-state index contributed by atoms with van der Waals surface area (Å²) in [6.45, 7) is 4.59. The molecular formula is C26H32N2O3. The Labute approximate surface area is 184 Å². The van der Waals surface area contributed by atoms with Crippen LogP contribution in [0.4, 0.5) is 5.69 Å². The van der Waals surface area contributed by atoms with Gasteiger partial charge in [-0.1, -0.05) is 49.4 Å². The average molecular weight is 421 g/mol. The van der Waals surface area contributed by atoms with Crippen LogP contribution in [0.25, 0.3) is 0 Å². The van der Waals surface area contributed by atoms with Crippen LogP contribution in [0.1, 0.15) is 43.2 Å². The fourth-order valence-corrected chi connectivity index (χ4v) is 4.70. The van der Waals surface area contributed by atoms with Crippen LogP contribution < -0.4 is 5.32 Å². The summed E-state index contributed by atoms with van der Waals surface area (Å²) in [5.41, 5.74) is 3.30. The van der Waals surface area contributed by atoms with Crippen molar-refractivity contribution in [1.29, 1.82) is 0 Å². The minimum absolute atomic E-state index is 0.00722. The predicted molar refractivity (Wildman–Crippen MR) is 122 cm³/mol. The van der Waals surface area contributed by atoms with Crippen LogP contribution in [0.5, 0.6) is 0 Å². The first-order chi connectivity index (χ1) is 15.1. The standard InChI is InChI=1S/C26H32N2O3/c1-2-19-8-10-20(11-9-19)22-16-23(25(29)27-24-6-4-3-5-7-24)18-28(17-22)26(30)21-12-14-31-15-13-21/h3-11,21-23H,2,12-18H2,1H3,(H,27,29). The highest BCUT2D eigenvalue weighted by Gasteiger charge is 2.37.